The van der Waals surface area contributed by atoms with Gasteiger partial charge in [-0.05, 0) is 83.4 Å². The molecule has 1 N–H and O–H groups in total. The smallest absolute Gasteiger partial charge is 0.219 e. The topological polar surface area (TPSA) is 59.0 Å². The van der Waals surface area contributed by atoms with E-state index in [1.807, 2.05) is 48.5 Å². The van der Waals surface area contributed by atoms with Crippen LogP contribution in [-0.2, 0) is 9.47 Å². The van der Waals surface area contributed by atoms with Crippen LogP contribution in [0.5, 0.6) is 0 Å². The van der Waals surface area contributed by atoms with Gasteiger partial charge < -0.3 is 19.7 Å². The van der Waals surface area contributed by atoms with E-state index in [0.29, 0.717) is 11.8 Å². The molecule has 40 heavy (non-hydrogen) atoms. The molecule has 1 aromatic heterocycles. The highest BCUT2D eigenvalue weighted by Gasteiger charge is 2.20. The Balaban J connectivity index is -0.000000768. The average Bonchev–Trinajstić information content (AvgIpc) is 3.22. The molecule has 2 aliphatic rings. The summed E-state index contributed by atoms with van der Waals surface area (Å²) in [7, 11) is 7.48. The Morgan fingerprint density at radius 1 is 0.975 bits per heavy atom. The number of hydrogen-bond acceptors (Lipinski definition) is 6. The van der Waals surface area contributed by atoms with E-state index in [0.717, 1.165) is 66.5 Å². The number of aryl methyl sites for hydroxylation is 1. The highest BCUT2D eigenvalue weighted by atomic mass is 16.5. The minimum Gasteiger partial charge on any atom is -0.481 e. The van der Waals surface area contributed by atoms with Crippen molar-refractivity contribution in [3.63, 3.8) is 0 Å². The molecule has 1 atom stereocenters. The molecule has 1 aromatic rings. The summed E-state index contributed by atoms with van der Waals surface area (Å²) in [6.45, 7) is 27.5. The molecule has 0 bridgehead atoms. The van der Waals surface area contributed by atoms with E-state index in [-0.39, 0.29) is 0 Å². The van der Waals surface area contributed by atoms with Gasteiger partial charge in [0.2, 0.25) is 5.88 Å². The number of aromatic nitrogens is 1. The van der Waals surface area contributed by atoms with E-state index >= 15 is 0 Å². The van der Waals surface area contributed by atoms with Crippen molar-refractivity contribution in [1.29, 1.82) is 0 Å². The van der Waals surface area contributed by atoms with Gasteiger partial charge in [0.25, 0.3) is 0 Å². The van der Waals surface area contributed by atoms with Crippen LogP contribution in [-0.4, -0.2) is 63.6 Å². The summed E-state index contributed by atoms with van der Waals surface area (Å²) >= 11 is 0. The predicted octanol–water partition coefficient (Wildman–Crippen LogP) is 9.28. The van der Waals surface area contributed by atoms with Crippen LogP contribution in [0.3, 0.4) is 0 Å². The van der Waals surface area contributed by atoms with Gasteiger partial charge in [-0.1, -0.05) is 74.5 Å². The zero-order valence-electron chi connectivity index (χ0n) is 29.1. The number of ether oxygens (including phenoxy) is 2. The fraction of sp³-hybridized carbons (Fsp3) is 0.647. The molecular weight excluding hydrogens is 496 g/mol. The minimum absolute atomic E-state index is 0.410. The first-order valence-corrected chi connectivity index (χ1v) is 15.3. The molecule has 6 heteroatoms. The second kappa shape index (κ2) is 26.8. The molecule has 0 amide bonds. The molecule has 0 aromatic carbocycles. The first-order chi connectivity index (χ1) is 19.2. The largest absolute Gasteiger partial charge is 0.481 e. The number of allylic oxidation sites excluding steroid dienone is 4. The molecule has 3 heterocycles. The lowest BCUT2D eigenvalue weighted by Crippen LogP contribution is -2.11. The Morgan fingerprint density at radius 2 is 1.52 bits per heavy atom. The van der Waals surface area contributed by atoms with Crippen molar-refractivity contribution in [1.82, 2.24) is 9.88 Å². The van der Waals surface area contributed by atoms with Gasteiger partial charge in [-0.3, -0.25) is 0 Å². The quantitative estimate of drug-likeness (QED) is 0.376. The van der Waals surface area contributed by atoms with Crippen LogP contribution in [0.25, 0.3) is 11.1 Å². The maximum Gasteiger partial charge on any atom is 0.219 e. The first-order valence-electron chi connectivity index (χ1n) is 15.3. The van der Waals surface area contributed by atoms with E-state index in [1.54, 1.807) is 14.2 Å². The van der Waals surface area contributed by atoms with Crippen LogP contribution in [0.2, 0.25) is 0 Å². The van der Waals surface area contributed by atoms with Gasteiger partial charge in [0, 0.05) is 31.5 Å². The molecule has 1 unspecified atom stereocenters. The van der Waals surface area contributed by atoms with Crippen molar-refractivity contribution < 1.29 is 9.47 Å². The number of rotatable bonds is 6. The lowest BCUT2D eigenvalue weighted by atomic mass is 9.99. The summed E-state index contributed by atoms with van der Waals surface area (Å²) < 4.78 is 10.2. The van der Waals surface area contributed by atoms with E-state index in [9.17, 15) is 0 Å². The fourth-order valence-electron chi connectivity index (χ4n) is 3.22. The Labute approximate surface area is 249 Å². The summed E-state index contributed by atoms with van der Waals surface area (Å²) in [5, 5.41) is 3.40. The standard InChI is InChI=1S/C21H27N3O.C4H11N.C3H8O.3C2H6/c1-6-13(2)17-9-7-8-16(21(23-17)25-5)19-15(4)12-18-20(24-19)14(3)10-11-22-18;1-4-5(2)3;1-3-4-2;3*1-2/h7,9-10,12-13,22H,6,8,11H2,1-5H3;4H2,1-3H3;3H2,1-2H3;3*1-2H3. The number of methoxy groups -OCH3 is 2. The van der Waals surface area contributed by atoms with Crippen molar-refractivity contribution in [2.75, 3.05) is 53.3 Å². The number of fused-ring (bicyclic) bond motifs is 1. The second-order valence-electron chi connectivity index (χ2n) is 8.73. The normalized spacial score (nSPS) is 13.6. The van der Waals surface area contributed by atoms with Gasteiger partial charge in [0.05, 0.1) is 24.2 Å². The summed E-state index contributed by atoms with van der Waals surface area (Å²) in [5.41, 5.74) is 7.58. The SMILES string of the molecule is CC.CC.CC.CCC(C)C1=NC(OC)=C(c2nc3c(cc2C)NCC=C3C)CC=C1.CCN(C)C.CCOC. The number of anilines is 1. The molecule has 0 spiro atoms. The third-order valence-electron chi connectivity index (χ3n) is 5.90. The Hall–Kier alpha value is -2.44. The van der Waals surface area contributed by atoms with Crippen LogP contribution < -0.4 is 5.32 Å². The van der Waals surface area contributed by atoms with E-state index < -0.39 is 0 Å². The van der Waals surface area contributed by atoms with E-state index in [2.05, 4.69) is 88.0 Å². The van der Waals surface area contributed by atoms with Crippen LogP contribution in [0.1, 0.15) is 106 Å². The zero-order chi connectivity index (χ0) is 31.7. The molecular formula is C34H64N4O2. The predicted molar refractivity (Wildman–Crippen MR) is 182 cm³/mol. The molecule has 0 aliphatic carbocycles. The summed E-state index contributed by atoms with van der Waals surface area (Å²) in [5.74, 6) is 1.09. The van der Waals surface area contributed by atoms with Crippen LogP contribution in [0.4, 0.5) is 5.69 Å². The Bertz CT molecular complexity index is 897. The number of pyridine rings is 1. The van der Waals surface area contributed by atoms with Gasteiger partial charge in [0.15, 0.2) is 0 Å². The van der Waals surface area contributed by atoms with Gasteiger partial charge in [-0.2, -0.15) is 0 Å². The van der Waals surface area contributed by atoms with Crippen molar-refractivity contribution in [2.24, 2.45) is 10.9 Å². The number of hydrogen-bond donors (Lipinski definition) is 1. The second-order valence-corrected chi connectivity index (χ2v) is 8.73. The summed E-state index contributed by atoms with van der Waals surface area (Å²) in [4.78, 5) is 11.9. The Kier molecular flexibility index (Phi) is 28.1. The molecule has 2 aliphatic heterocycles. The maximum absolute atomic E-state index is 5.67. The molecule has 0 saturated carbocycles. The average molecular weight is 561 g/mol. The van der Waals surface area contributed by atoms with Gasteiger partial charge >= 0.3 is 0 Å². The van der Waals surface area contributed by atoms with Gasteiger partial charge in [-0.25, -0.2) is 9.98 Å². The molecule has 0 fully saturated rings. The molecule has 3 rings (SSSR count). The van der Waals surface area contributed by atoms with Crippen molar-refractivity contribution in [3.05, 3.63) is 47.1 Å². The monoisotopic (exact) mass is 561 g/mol. The summed E-state index contributed by atoms with van der Waals surface area (Å²) in [6, 6.07) is 2.18. The number of nitrogens with zero attached hydrogens (tertiary/aromatic N) is 3. The van der Waals surface area contributed by atoms with Crippen molar-refractivity contribution >= 4 is 22.5 Å². The lowest BCUT2D eigenvalue weighted by Gasteiger charge is -2.20. The van der Waals surface area contributed by atoms with Gasteiger partial charge in [0.1, 0.15) is 0 Å². The summed E-state index contributed by atoms with van der Waals surface area (Å²) in [6.07, 6.45) is 8.30. The minimum atomic E-state index is 0.410. The lowest BCUT2D eigenvalue weighted by molar-refractivity contribution is 0.215. The number of nitrogens with one attached hydrogen (secondary N) is 1. The maximum atomic E-state index is 5.67. The van der Waals surface area contributed by atoms with E-state index in [1.165, 1.54) is 5.57 Å². The highest BCUT2D eigenvalue weighted by molar-refractivity contribution is 5.98. The van der Waals surface area contributed by atoms with Crippen molar-refractivity contribution in [2.45, 2.75) is 95.9 Å². The first kappa shape index (κ1) is 42.0. The number of aliphatic imine (C=N–C) groups is 1. The molecule has 0 radical (unpaired) electrons. The third-order valence-corrected chi connectivity index (χ3v) is 5.90. The highest BCUT2D eigenvalue weighted by Crippen LogP contribution is 2.33. The van der Waals surface area contributed by atoms with Crippen molar-refractivity contribution in [3.8, 4) is 0 Å². The molecule has 6 nitrogen and oxygen atoms in total. The van der Waals surface area contributed by atoms with Gasteiger partial charge in [-0.15, -0.1) is 0 Å². The fourth-order valence-corrected chi connectivity index (χ4v) is 3.22. The van der Waals surface area contributed by atoms with Crippen LogP contribution >= 0.6 is 0 Å². The Morgan fingerprint density at radius 3 is 1.98 bits per heavy atom. The third kappa shape index (κ3) is 15.4. The van der Waals surface area contributed by atoms with Crippen LogP contribution in [0.15, 0.2) is 35.2 Å². The van der Waals surface area contributed by atoms with E-state index in [4.69, 9.17) is 14.7 Å². The molecule has 232 valence electrons. The van der Waals surface area contributed by atoms with Crippen LogP contribution in [0, 0.1) is 12.8 Å². The zero-order valence-corrected chi connectivity index (χ0v) is 29.1. The molecule has 0 saturated heterocycles.